The van der Waals surface area contributed by atoms with Gasteiger partial charge in [-0.25, -0.2) is 9.67 Å². The van der Waals surface area contributed by atoms with E-state index in [0.717, 1.165) is 31.0 Å². The summed E-state index contributed by atoms with van der Waals surface area (Å²) in [5, 5.41) is 11.5. The van der Waals surface area contributed by atoms with Crippen molar-refractivity contribution in [2.45, 2.75) is 43.9 Å². The van der Waals surface area contributed by atoms with Gasteiger partial charge in [-0.05, 0) is 62.1 Å². The lowest BCUT2D eigenvalue weighted by molar-refractivity contribution is -0.140. The number of nitrogens with one attached hydrogen (secondary N) is 2. The average Bonchev–Trinajstić information content (AvgIpc) is 3.35. The monoisotopic (exact) mass is 513 g/mol. The van der Waals surface area contributed by atoms with Crippen molar-refractivity contribution >= 4 is 34.1 Å². The lowest BCUT2D eigenvalue weighted by Gasteiger charge is -2.31. The van der Waals surface area contributed by atoms with Gasteiger partial charge in [0.15, 0.2) is 0 Å². The third-order valence-corrected chi connectivity index (χ3v) is 6.53. The van der Waals surface area contributed by atoms with Crippen molar-refractivity contribution < 1.29 is 18.0 Å². The Hall–Kier alpha value is -3.59. The highest BCUT2D eigenvalue weighted by atomic mass is 35.5. The summed E-state index contributed by atoms with van der Waals surface area (Å²) in [6, 6.07) is 14.9. The number of pyridine rings is 1. The fourth-order valence-electron chi connectivity index (χ4n) is 4.57. The Morgan fingerprint density at radius 2 is 1.83 bits per heavy atom. The number of rotatable bonds is 5. The molecule has 1 fully saturated rings. The van der Waals surface area contributed by atoms with Crippen LogP contribution in [0, 0.1) is 0 Å². The van der Waals surface area contributed by atoms with Crippen molar-refractivity contribution in [2.75, 3.05) is 5.32 Å². The molecule has 0 radical (unpaired) electrons. The maximum Gasteiger partial charge on any atom is 0.433 e. The van der Waals surface area contributed by atoms with Crippen molar-refractivity contribution in [3.05, 3.63) is 83.3 Å². The van der Waals surface area contributed by atoms with Gasteiger partial charge in [0, 0.05) is 34.4 Å². The smallest absolute Gasteiger partial charge is 0.382 e. The van der Waals surface area contributed by atoms with E-state index < -0.39 is 11.9 Å². The van der Waals surface area contributed by atoms with Gasteiger partial charge in [0.2, 0.25) is 0 Å². The van der Waals surface area contributed by atoms with E-state index in [2.05, 4.69) is 20.7 Å². The Kier molecular flexibility index (Phi) is 6.57. The first-order valence-corrected chi connectivity index (χ1v) is 12.0. The molecule has 2 aromatic carbocycles. The number of fused-ring (bicyclic) bond motifs is 1. The zero-order chi connectivity index (χ0) is 25.3. The van der Waals surface area contributed by atoms with E-state index in [-0.39, 0.29) is 23.5 Å². The van der Waals surface area contributed by atoms with Gasteiger partial charge in [0.05, 0.1) is 23.0 Å². The molecule has 0 saturated heterocycles. The van der Waals surface area contributed by atoms with Gasteiger partial charge in [0.1, 0.15) is 5.69 Å². The van der Waals surface area contributed by atoms with Crippen molar-refractivity contribution in [3.8, 4) is 5.69 Å². The molecule has 2 heterocycles. The summed E-state index contributed by atoms with van der Waals surface area (Å²) >= 11 is 6.11. The lowest BCUT2D eigenvalue weighted by Crippen LogP contribution is -2.41. The van der Waals surface area contributed by atoms with E-state index in [1.165, 1.54) is 18.3 Å². The van der Waals surface area contributed by atoms with E-state index in [1.54, 1.807) is 16.9 Å². The Bertz CT molecular complexity index is 1390. The van der Waals surface area contributed by atoms with Crippen molar-refractivity contribution in [2.24, 2.45) is 0 Å². The molecular weight excluding hydrogens is 491 g/mol. The van der Waals surface area contributed by atoms with E-state index in [9.17, 15) is 18.0 Å². The molecule has 1 aliphatic carbocycles. The van der Waals surface area contributed by atoms with E-state index in [0.29, 0.717) is 28.1 Å². The molecule has 2 aromatic heterocycles. The quantitative estimate of drug-likeness (QED) is 0.331. The number of anilines is 1. The number of carbonyl (C=O) groups is 1. The molecule has 6 nitrogen and oxygen atoms in total. The topological polar surface area (TPSA) is 71.8 Å². The van der Waals surface area contributed by atoms with Crippen LogP contribution >= 0.6 is 11.6 Å². The number of carbonyl (C=O) groups excluding carboxylic acids is 1. The van der Waals surface area contributed by atoms with Crippen LogP contribution in [0.2, 0.25) is 5.02 Å². The highest BCUT2D eigenvalue weighted by Crippen LogP contribution is 2.35. The Morgan fingerprint density at radius 3 is 2.61 bits per heavy atom. The summed E-state index contributed by atoms with van der Waals surface area (Å²) in [6.45, 7) is 0. The number of benzene rings is 2. The maximum absolute atomic E-state index is 13.5. The van der Waals surface area contributed by atoms with Crippen LogP contribution in [0.5, 0.6) is 0 Å². The van der Waals surface area contributed by atoms with Crippen molar-refractivity contribution in [3.63, 3.8) is 0 Å². The van der Waals surface area contributed by atoms with E-state index in [4.69, 9.17) is 11.6 Å². The number of halogens is 4. The van der Waals surface area contributed by atoms with Gasteiger partial charge in [-0.15, -0.1) is 0 Å². The highest BCUT2D eigenvalue weighted by Gasteiger charge is 2.34. The summed E-state index contributed by atoms with van der Waals surface area (Å²) in [5.74, 6) is -0.233. The van der Waals surface area contributed by atoms with Gasteiger partial charge in [0.25, 0.3) is 5.91 Å². The molecule has 0 spiro atoms. The number of alkyl halides is 3. The summed E-state index contributed by atoms with van der Waals surface area (Å²) in [5.41, 5.74) is 0.875. The third-order valence-electron chi connectivity index (χ3n) is 6.30. The zero-order valence-corrected chi connectivity index (χ0v) is 19.9. The molecule has 4 aromatic rings. The summed E-state index contributed by atoms with van der Waals surface area (Å²) in [7, 11) is 0. The first-order chi connectivity index (χ1) is 17.3. The molecule has 1 saturated carbocycles. The van der Waals surface area contributed by atoms with Crippen LogP contribution in [0.4, 0.5) is 18.9 Å². The Balaban J connectivity index is 1.30. The van der Waals surface area contributed by atoms with E-state index in [1.807, 2.05) is 30.3 Å². The number of nitrogens with zero attached hydrogens (tertiary/aromatic N) is 3. The second kappa shape index (κ2) is 9.81. The summed E-state index contributed by atoms with van der Waals surface area (Å²) in [6.07, 6.45) is 1.57. The normalized spacial score (nSPS) is 18.2. The minimum Gasteiger partial charge on any atom is -0.382 e. The predicted molar refractivity (Wildman–Crippen MR) is 132 cm³/mol. The molecule has 36 heavy (non-hydrogen) atoms. The largest absolute Gasteiger partial charge is 0.433 e. The van der Waals surface area contributed by atoms with Crippen molar-refractivity contribution in [1.29, 1.82) is 0 Å². The fourth-order valence-corrected chi connectivity index (χ4v) is 4.74. The number of amides is 1. The molecular formula is C26H23ClF3N5O. The number of aromatic nitrogens is 3. The second-order valence-electron chi connectivity index (χ2n) is 8.90. The van der Waals surface area contributed by atoms with Crippen molar-refractivity contribution in [1.82, 2.24) is 20.1 Å². The molecule has 0 aliphatic heterocycles. The minimum absolute atomic E-state index is 0.123. The van der Waals surface area contributed by atoms with Gasteiger partial charge < -0.3 is 10.6 Å². The molecule has 186 valence electrons. The molecule has 2 N–H and O–H groups in total. The maximum atomic E-state index is 13.5. The van der Waals surface area contributed by atoms with Gasteiger partial charge in [-0.1, -0.05) is 29.8 Å². The van der Waals surface area contributed by atoms with Crippen LogP contribution in [-0.4, -0.2) is 32.8 Å². The van der Waals surface area contributed by atoms with Crippen LogP contribution in [0.15, 0.2) is 67.0 Å². The van der Waals surface area contributed by atoms with Gasteiger partial charge in [-0.2, -0.15) is 18.3 Å². The first-order valence-electron chi connectivity index (χ1n) is 11.6. The van der Waals surface area contributed by atoms with E-state index >= 15 is 0 Å². The van der Waals surface area contributed by atoms with Crippen LogP contribution in [0.25, 0.3) is 16.6 Å². The van der Waals surface area contributed by atoms with Gasteiger partial charge in [-0.3, -0.25) is 4.79 Å². The van der Waals surface area contributed by atoms with Crippen LogP contribution in [0.3, 0.4) is 0 Å². The fraction of sp³-hybridized carbons (Fsp3) is 0.269. The molecule has 0 unspecified atom stereocenters. The first kappa shape index (κ1) is 24.1. The van der Waals surface area contributed by atoms with Gasteiger partial charge >= 0.3 is 6.18 Å². The van der Waals surface area contributed by atoms with Crippen LogP contribution < -0.4 is 10.6 Å². The lowest BCUT2D eigenvalue weighted by atomic mass is 9.90. The molecule has 0 bridgehead atoms. The standard InChI is InChI=1S/C26H23ClF3N5O/c27-17-9-10-22-21(11-17)23(13-24(34-22)26(28,29)30)32-18-5-4-6-19(12-18)33-25(36)16-14-31-35(15-16)20-7-2-1-3-8-20/h1-3,7-11,13-15,18-19H,4-6,12H2,(H,32,34)(H,33,36)/t18-,19+/m0/s1. The minimum atomic E-state index is -4.57. The molecule has 2 atom stereocenters. The average molecular weight is 514 g/mol. The number of hydrogen-bond acceptors (Lipinski definition) is 4. The number of para-hydroxylation sites is 1. The summed E-state index contributed by atoms with van der Waals surface area (Å²) in [4.78, 5) is 16.6. The molecule has 1 amide bonds. The Morgan fingerprint density at radius 1 is 1.06 bits per heavy atom. The molecule has 5 rings (SSSR count). The zero-order valence-electron chi connectivity index (χ0n) is 19.1. The summed E-state index contributed by atoms with van der Waals surface area (Å²) < 4.78 is 42.0. The SMILES string of the molecule is O=C(N[C@@H]1CCC[C@H](Nc2cc(C(F)(F)F)nc3ccc(Cl)cc23)C1)c1cnn(-c2ccccc2)c1. The predicted octanol–water partition coefficient (Wildman–Crippen LogP) is 6.25. The van der Waals surface area contributed by atoms with Crippen LogP contribution in [0.1, 0.15) is 41.7 Å². The second-order valence-corrected chi connectivity index (χ2v) is 9.34. The molecule has 10 heteroatoms. The van der Waals surface area contributed by atoms with Crippen LogP contribution in [-0.2, 0) is 6.18 Å². The highest BCUT2D eigenvalue weighted by molar-refractivity contribution is 6.31. The number of hydrogen-bond donors (Lipinski definition) is 2. The Labute approximate surface area is 210 Å². The third kappa shape index (κ3) is 5.31. The molecule has 1 aliphatic rings.